The summed E-state index contributed by atoms with van der Waals surface area (Å²) in [6.45, 7) is 2.02. The maximum absolute atomic E-state index is 13.2. The highest BCUT2D eigenvalue weighted by molar-refractivity contribution is 5.46. The second-order valence-electron chi connectivity index (χ2n) is 6.96. The Balaban J connectivity index is 1.45. The standard InChI is InChI=1S/C18H18F5N5/c19-16(20)13-9-15(26-17(25-13)11-1-2-11)28-7-5-27(6-8-28)14-4-3-12(10-24-14)18(21,22)23/h3-4,9-11,16H,1-2,5-8H2. The molecule has 150 valence electrons. The van der Waals surface area contributed by atoms with E-state index in [0.29, 0.717) is 43.6 Å². The molecule has 4 rings (SSSR count). The van der Waals surface area contributed by atoms with Gasteiger partial charge in [-0.2, -0.15) is 13.2 Å². The van der Waals surface area contributed by atoms with Gasteiger partial charge in [0, 0.05) is 44.4 Å². The Morgan fingerprint density at radius 3 is 2.07 bits per heavy atom. The molecule has 0 N–H and O–H groups in total. The van der Waals surface area contributed by atoms with Crippen molar-refractivity contribution in [2.75, 3.05) is 36.0 Å². The lowest BCUT2D eigenvalue weighted by atomic mass is 10.2. The largest absolute Gasteiger partial charge is 0.417 e. The minimum Gasteiger partial charge on any atom is -0.353 e. The lowest BCUT2D eigenvalue weighted by Crippen LogP contribution is -2.47. The van der Waals surface area contributed by atoms with Gasteiger partial charge in [-0.25, -0.2) is 23.7 Å². The summed E-state index contributed by atoms with van der Waals surface area (Å²) in [5.74, 6) is 1.57. The lowest BCUT2D eigenvalue weighted by molar-refractivity contribution is -0.137. The smallest absolute Gasteiger partial charge is 0.353 e. The lowest BCUT2D eigenvalue weighted by Gasteiger charge is -2.36. The molecule has 2 fully saturated rings. The van der Waals surface area contributed by atoms with Crippen molar-refractivity contribution in [2.45, 2.75) is 31.4 Å². The highest BCUT2D eigenvalue weighted by Gasteiger charge is 2.32. The van der Waals surface area contributed by atoms with Crippen molar-refractivity contribution >= 4 is 11.6 Å². The quantitative estimate of drug-likeness (QED) is 0.727. The molecule has 1 aliphatic heterocycles. The van der Waals surface area contributed by atoms with E-state index in [1.165, 1.54) is 12.1 Å². The fraction of sp³-hybridized carbons (Fsp3) is 0.500. The van der Waals surface area contributed by atoms with E-state index in [1.54, 1.807) is 0 Å². The maximum atomic E-state index is 13.2. The van der Waals surface area contributed by atoms with Crippen LogP contribution in [0.2, 0.25) is 0 Å². The van der Waals surface area contributed by atoms with E-state index in [4.69, 9.17) is 0 Å². The highest BCUT2D eigenvalue weighted by Crippen LogP contribution is 2.39. The molecule has 0 unspecified atom stereocenters. The Morgan fingerprint density at radius 1 is 0.929 bits per heavy atom. The Labute approximate surface area is 158 Å². The van der Waals surface area contributed by atoms with Crippen LogP contribution in [0.15, 0.2) is 24.4 Å². The maximum Gasteiger partial charge on any atom is 0.417 e. The van der Waals surface area contributed by atoms with Gasteiger partial charge >= 0.3 is 6.18 Å². The van der Waals surface area contributed by atoms with Crippen molar-refractivity contribution in [3.63, 3.8) is 0 Å². The van der Waals surface area contributed by atoms with Gasteiger partial charge in [-0.05, 0) is 25.0 Å². The van der Waals surface area contributed by atoms with E-state index in [9.17, 15) is 22.0 Å². The molecule has 0 radical (unpaired) electrons. The first-order valence-corrected chi connectivity index (χ1v) is 9.01. The third-order valence-electron chi connectivity index (χ3n) is 4.92. The van der Waals surface area contributed by atoms with Gasteiger partial charge in [0.2, 0.25) is 0 Å². The molecule has 0 bridgehead atoms. The van der Waals surface area contributed by atoms with Gasteiger partial charge in [0.1, 0.15) is 23.2 Å². The molecule has 3 heterocycles. The van der Waals surface area contributed by atoms with Crippen LogP contribution in [-0.4, -0.2) is 41.1 Å². The third-order valence-corrected chi connectivity index (χ3v) is 4.92. The van der Waals surface area contributed by atoms with Gasteiger partial charge in [0.15, 0.2) is 0 Å². The predicted octanol–water partition coefficient (Wildman–Crippen LogP) is 4.03. The zero-order valence-electron chi connectivity index (χ0n) is 14.8. The van der Waals surface area contributed by atoms with Crippen molar-refractivity contribution < 1.29 is 22.0 Å². The van der Waals surface area contributed by atoms with E-state index >= 15 is 0 Å². The summed E-state index contributed by atoms with van der Waals surface area (Å²) in [5.41, 5.74) is -1.05. The van der Waals surface area contributed by atoms with Gasteiger partial charge in [0.05, 0.1) is 5.56 Å². The van der Waals surface area contributed by atoms with Crippen molar-refractivity contribution in [1.82, 2.24) is 15.0 Å². The number of anilines is 2. The van der Waals surface area contributed by atoms with Gasteiger partial charge in [-0.1, -0.05) is 0 Å². The fourth-order valence-corrected chi connectivity index (χ4v) is 3.17. The molecule has 0 atom stereocenters. The van der Waals surface area contributed by atoms with Crippen LogP contribution < -0.4 is 9.80 Å². The van der Waals surface area contributed by atoms with E-state index in [1.807, 2.05) is 9.80 Å². The fourth-order valence-electron chi connectivity index (χ4n) is 3.17. The molecule has 2 aromatic rings. The van der Waals surface area contributed by atoms with Crippen molar-refractivity contribution in [1.29, 1.82) is 0 Å². The highest BCUT2D eigenvalue weighted by atomic mass is 19.4. The zero-order chi connectivity index (χ0) is 19.9. The van der Waals surface area contributed by atoms with Crippen LogP contribution in [0, 0.1) is 0 Å². The zero-order valence-corrected chi connectivity index (χ0v) is 14.8. The van der Waals surface area contributed by atoms with Gasteiger partial charge < -0.3 is 9.80 Å². The first-order chi connectivity index (χ1) is 13.3. The molecule has 0 spiro atoms. The number of nitrogens with zero attached hydrogens (tertiary/aromatic N) is 5. The van der Waals surface area contributed by atoms with Crippen LogP contribution in [0.5, 0.6) is 0 Å². The van der Waals surface area contributed by atoms with E-state index < -0.39 is 18.2 Å². The van der Waals surface area contributed by atoms with Gasteiger partial charge in [0.25, 0.3) is 6.43 Å². The molecule has 1 saturated carbocycles. The number of aromatic nitrogens is 3. The van der Waals surface area contributed by atoms with E-state index in [2.05, 4.69) is 15.0 Å². The molecule has 0 aromatic carbocycles. The number of alkyl halides is 5. The molecular weight excluding hydrogens is 381 g/mol. The average Bonchev–Trinajstić information content (AvgIpc) is 3.52. The second kappa shape index (κ2) is 7.14. The summed E-state index contributed by atoms with van der Waals surface area (Å²) < 4.78 is 64.3. The van der Waals surface area contributed by atoms with Crippen LogP contribution in [0.4, 0.5) is 33.6 Å². The molecule has 1 aliphatic carbocycles. The molecule has 0 amide bonds. The predicted molar refractivity (Wildman–Crippen MR) is 92.6 cm³/mol. The number of rotatable bonds is 4. The van der Waals surface area contributed by atoms with Crippen molar-refractivity contribution in [3.05, 3.63) is 41.5 Å². The van der Waals surface area contributed by atoms with Crippen molar-refractivity contribution in [2.24, 2.45) is 0 Å². The van der Waals surface area contributed by atoms with Gasteiger partial charge in [-0.15, -0.1) is 0 Å². The first-order valence-electron chi connectivity index (χ1n) is 9.01. The minimum atomic E-state index is -4.42. The van der Waals surface area contributed by atoms with Crippen LogP contribution in [0.25, 0.3) is 0 Å². The summed E-state index contributed by atoms with van der Waals surface area (Å²) in [7, 11) is 0. The van der Waals surface area contributed by atoms with Crippen LogP contribution in [0.3, 0.4) is 0 Å². The minimum absolute atomic E-state index is 0.162. The van der Waals surface area contributed by atoms with E-state index in [-0.39, 0.29) is 11.6 Å². The van der Waals surface area contributed by atoms with Crippen LogP contribution >= 0.6 is 0 Å². The summed E-state index contributed by atoms with van der Waals surface area (Å²) in [6, 6.07) is 3.68. The topological polar surface area (TPSA) is 45.2 Å². The second-order valence-corrected chi connectivity index (χ2v) is 6.96. The molecule has 2 aliphatic rings. The Kier molecular flexibility index (Phi) is 4.80. The molecule has 1 saturated heterocycles. The summed E-state index contributed by atoms with van der Waals surface area (Å²) >= 11 is 0. The normalized spacial score (nSPS) is 18.1. The summed E-state index contributed by atoms with van der Waals surface area (Å²) in [5, 5.41) is 0. The van der Waals surface area contributed by atoms with Crippen LogP contribution in [-0.2, 0) is 6.18 Å². The molecule has 2 aromatic heterocycles. The third kappa shape index (κ3) is 4.00. The SMILES string of the molecule is FC(F)c1cc(N2CCN(c3ccc(C(F)(F)F)cn3)CC2)nc(C2CC2)n1. The van der Waals surface area contributed by atoms with Crippen LogP contribution in [0.1, 0.15) is 42.3 Å². The first kappa shape index (κ1) is 18.8. The Morgan fingerprint density at radius 2 is 1.57 bits per heavy atom. The Hall–Kier alpha value is -2.52. The Bertz CT molecular complexity index is 807. The number of piperazine rings is 1. The number of halogens is 5. The van der Waals surface area contributed by atoms with Crippen molar-refractivity contribution in [3.8, 4) is 0 Å². The summed E-state index contributed by atoms with van der Waals surface area (Å²) in [6.07, 6.45) is -4.42. The molecular formula is C18H18F5N5. The average molecular weight is 399 g/mol. The molecule has 5 nitrogen and oxygen atoms in total. The van der Waals surface area contributed by atoms with E-state index in [0.717, 1.165) is 25.1 Å². The monoisotopic (exact) mass is 399 g/mol. The number of pyridine rings is 1. The molecule has 28 heavy (non-hydrogen) atoms. The number of hydrogen-bond acceptors (Lipinski definition) is 5. The molecule has 10 heteroatoms. The summed E-state index contributed by atoms with van der Waals surface area (Å²) in [4.78, 5) is 16.1. The van der Waals surface area contributed by atoms with Gasteiger partial charge in [-0.3, -0.25) is 0 Å². The number of hydrogen-bond donors (Lipinski definition) is 0.